The van der Waals surface area contributed by atoms with Crippen molar-refractivity contribution >= 4 is 21.7 Å². The second kappa shape index (κ2) is 2.12. The molecule has 0 aliphatic carbocycles. The molecule has 2 amide bonds. The van der Waals surface area contributed by atoms with Crippen molar-refractivity contribution in [1.82, 2.24) is 4.57 Å². The lowest BCUT2D eigenvalue weighted by Gasteiger charge is -2.06. The molecular formula is C4H5NO3Si. The molecule has 1 N–H and O–H groups in total. The predicted octanol–water partition coefficient (Wildman–Crippen LogP) is -2.10. The van der Waals surface area contributed by atoms with Gasteiger partial charge in [0.2, 0.25) is 11.8 Å². The molecule has 0 fully saturated rings. The van der Waals surface area contributed by atoms with Gasteiger partial charge in [-0.25, -0.2) is 0 Å². The molecule has 0 aromatic carbocycles. The molecule has 0 aromatic rings. The van der Waals surface area contributed by atoms with Crippen LogP contribution < -0.4 is 0 Å². The van der Waals surface area contributed by atoms with Gasteiger partial charge in [0.1, 0.15) is 0 Å². The van der Waals surface area contributed by atoms with E-state index in [1.807, 2.05) is 0 Å². The zero-order chi connectivity index (χ0) is 6.85. The Labute approximate surface area is 53.8 Å². The lowest BCUT2D eigenvalue weighted by atomic mass is 10.6. The normalized spacial score (nSPS) is 19.0. The molecule has 0 radical (unpaired) electrons. The average Bonchev–Trinajstić information content (AvgIpc) is 2.12. The molecule has 1 aliphatic heterocycles. The van der Waals surface area contributed by atoms with Gasteiger partial charge in [-0.2, -0.15) is 0 Å². The third-order valence-corrected chi connectivity index (χ3v) is 1.95. The summed E-state index contributed by atoms with van der Waals surface area (Å²) in [6, 6.07) is 0. The molecule has 48 valence electrons. The van der Waals surface area contributed by atoms with Crippen molar-refractivity contribution in [3.8, 4) is 0 Å². The van der Waals surface area contributed by atoms with Crippen LogP contribution in [0.4, 0.5) is 0 Å². The quantitative estimate of drug-likeness (QED) is 0.338. The molecule has 4 nitrogen and oxygen atoms in total. The summed E-state index contributed by atoms with van der Waals surface area (Å²) in [6.07, 6.45) is 2.32. The van der Waals surface area contributed by atoms with Gasteiger partial charge in [-0.15, -0.1) is 0 Å². The fourth-order valence-corrected chi connectivity index (χ4v) is 1.06. The van der Waals surface area contributed by atoms with Crippen molar-refractivity contribution in [2.45, 2.75) is 0 Å². The van der Waals surface area contributed by atoms with Crippen LogP contribution in [0.3, 0.4) is 0 Å². The molecule has 5 heteroatoms. The first-order valence-electron chi connectivity index (χ1n) is 2.40. The summed E-state index contributed by atoms with van der Waals surface area (Å²) >= 11 is 0. The van der Waals surface area contributed by atoms with Crippen molar-refractivity contribution in [2.24, 2.45) is 0 Å². The van der Waals surface area contributed by atoms with Gasteiger partial charge in [0.15, 0.2) is 0 Å². The molecular weight excluding hydrogens is 138 g/mol. The summed E-state index contributed by atoms with van der Waals surface area (Å²) in [6.45, 7) is 0. The smallest absolute Gasteiger partial charge is 0.275 e. The molecule has 1 rings (SSSR count). The van der Waals surface area contributed by atoms with Crippen molar-refractivity contribution in [3.63, 3.8) is 0 Å². The first kappa shape index (κ1) is 6.18. The molecule has 0 bridgehead atoms. The van der Waals surface area contributed by atoms with Crippen molar-refractivity contribution < 1.29 is 14.4 Å². The molecule has 0 spiro atoms. The second-order valence-corrected chi connectivity index (χ2v) is 2.49. The SMILES string of the molecule is O=C1C=CC(=O)N1[SiH2]O. The standard InChI is InChI=1S/C4H5NO3Si/c6-3-1-2-4(7)5(3)9-8/h1-2,8H,9H2. The van der Waals surface area contributed by atoms with Gasteiger partial charge in [-0.3, -0.25) is 14.2 Å². The van der Waals surface area contributed by atoms with Crippen LogP contribution in [0.5, 0.6) is 0 Å². The molecule has 0 unspecified atom stereocenters. The molecule has 0 aromatic heterocycles. The Morgan fingerprint density at radius 1 is 1.33 bits per heavy atom. The minimum Gasteiger partial charge on any atom is -0.419 e. The molecule has 1 heterocycles. The van der Waals surface area contributed by atoms with Crippen LogP contribution in [0.15, 0.2) is 12.2 Å². The minimum absolute atomic E-state index is 0.394. The van der Waals surface area contributed by atoms with Crippen LogP contribution in [0.25, 0.3) is 0 Å². The Morgan fingerprint density at radius 3 is 2.00 bits per heavy atom. The monoisotopic (exact) mass is 143 g/mol. The van der Waals surface area contributed by atoms with Crippen LogP contribution in [0.2, 0.25) is 0 Å². The molecule has 0 saturated carbocycles. The van der Waals surface area contributed by atoms with Crippen LogP contribution in [0, 0.1) is 0 Å². The highest BCUT2D eigenvalue weighted by Crippen LogP contribution is 1.98. The van der Waals surface area contributed by atoms with Crippen LogP contribution >= 0.6 is 0 Å². The van der Waals surface area contributed by atoms with Gasteiger partial charge in [0.25, 0.3) is 9.92 Å². The summed E-state index contributed by atoms with van der Waals surface area (Å²) < 4.78 is 0.875. The Kier molecular flexibility index (Phi) is 1.45. The highest BCUT2D eigenvalue weighted by molar-refractivity contribution is 6.39. The van der Waals surface area contributed by atoms with E-state index in [1.165, 1.54) is 0 Å². The molecule has 1 aliphatic rings. The van der Waals surface area contributed by atoms with E-state index < -0.39 is 21.7 Å². The maximum absolute atomic E-state index is 10.5. The maximum atomic E-state index is 10.5. The lowest BCUT2D eigenvalue weighted by molar-refractivity contribution is -0.131. The summed E-state index contributed by atoms with van der Waals surface area (Å²) in [5.74, 6) is -0.789. The largest absolute Gasteiger partial charge is 0.419 e. The zero-order valence-electron chi connectivity index (χ0n) is 4.57. The number of hydrogen-bond acceptors (Lipinski definition) is 3. The number of nitrogens with zero attached hydrogens (tertiary/aromatic N) is 1. The van der Waals surface area contributed by atoms with Crippen molar-refractivity contribution in [2.75, 3.05) is 0 Å². The van der Waals surface area contributed by atoms with E-state index in [9.17, 15) is 9.59 Å². The topological polar surface area (TPSA) is 57.6 Å². The van der Waals surface area contributed by atoms with E-state index in [-0.39, 0.29) is 0 Å². The van der Waals surface area contributed by atoms with E-state index in [1.54, 1.807) is 0 Å². The maximum Gasteiger partial charge on any atom is 0.275 e. The van der Waals surface area contributed by atoms with Gasteiger partial charge < -0.3 is 4.80 Å². The minimum atomic E-state index is -1.63. The van der Waals surface area contributed by atoms with Gasteiger partial charge in [0.05, 0.1) is 0 Å². The lowest BCUT2D eigenvalue weighted by Crippen LogP contribution is -2.33. The first-order chi connectivity index (χ1) is 4.25. The van der Waals surface area contributed by atoms with Gasteiger partial charge in [0, 0.05) is 12.2 Å². The van der Waals surface area contributed by atoms with Crippen molar-refractivity contribution in [1.29, 1.82) is 0 Å². The summed E-state index contributed by atoms with van der Waals surface area (Å²) in [5, 5.41) is 0. The Bertz CT molecular complexity index is 170. The molecule has 0 atom stereocenters. The summed E-state index contributed by atoms with van der Waals surface area (Å²) in [7, 11) is -1.63. The van der Waals surface area contributed by atoms with Crippen LogP contribution in [-0.4, -0.2) is 31.1 Å². The fraction of sp³-hybridized carbons (Fsp3) is 0. The number of imide groups is 1. The van der Waals surface area contributed by atoms with E-state index in [0.29, 0.717) is 0 Å². The highest BCUT2D eigenvalue weighted by atomic mass is 28.2. The van der Waals surface area contributed by atoms with Gasteiger partial charge in [-0.1, -0.05) is 0 Å². The van der Waals surface area contributed by atoms with E-state index >= 15 is 0 Å². The van der Waals surface area contributed by atoms with E-state index in [0.717, 1.165) is 16.7 Å². The van der Waals surface area contributed by atoms with Crippen LogP contribution in [0.1, 0.15) is 0 Å². The Hall–Kier alpha value is -0.943. The van der Waals surface area contributed by atoms with E-state index in [4.69, 9.17) is 4.80 Å². The highest BCUT2D eigenvalue weighted by Gasteiger charge is 2.21. The number of hydrogen-bond donors (Lipinski definition) is 1. The summed E-state index contributed by atoms with van der Waals surface area (Å²) in [4.78, 5) is 29.5. The third kappa shape index (κ3) is 0.913. The number of carbonyl (C=O) groups is 2. The average molecular weight is 143 g/mol. The van der Waals surface area contributed by atoms with E-state index in [2.05, 4.69) is 0 Å². The summed E-state index contributed by atoms with van der Waals surface area (Å²) in [5.41, 5.74) is 0. The number of rotatable bonds is 1. The molecule has 0 saturated heterocycles. The molecule has 9 heavy (non-hydrogen) atoms. The van der Waals surface area contributed by atoms with Crippen molar-refractivity contribution in [3.05, 3.63) is 12.2 Å². The Balaban J connectivity index is 2.75. The van der Waals surface area contributed by atoms with Gasteiger partial charge >= 0.3 is 0 Å². The second-order valence-electron chi connectivity index (χ2n) is 1.58. The Morgan fingerprint density at radius 2 is 1.78 bits per heavy atom. The van der Waals surface area contributed by atoms with Crippen LogP contribution in [-0.2, 0) is 9.59 Å². The number of amides is 2. The van der Waals surface area contributed by atoms with Gasteiger partial charge in [-0.05, 0) is 0 Å². The number of carbonyl (C=O) groups excluding carboxylic acids is 2. The first-order valence-corrected chi connectivity index (χ1v) is 3.66. The third-order valence-electron chi connectivity index (χ3n) is 1.04. The predicted molar refractivity (Wildman–Crippen MR) is 31.8 cm³/mol. The fourth-order valence-electron chi connectivity index (χ4n) is 0.571. The zero-order valence-corrected chi connectivity index (χ0v) is 5.99.